The van der Waals surface area contributed by atoms with Crippen LogP contribution in [0, 0.1) is 0 Å². The van der Waals surface area contributed by atoms with Crippen LogP contribution in [0.4, 0.5) is 13.2 Å². The summed E-state index contributed by atoms with van der Waals surface area (Å²) in [6.07, 6.45) is -4.89. The van der Waals surface area contributed by atoms with Crippen LogP contribution in [0.15, 0.2) is 53.4 Å². The van der Waals surface area contributed by atoms with E-state index in [-0.39, 0.29) is 11.3 Å². The van der Waals surface area contributed by atoms with Crippen molar-refractivity contribution in [3.05, 3.63) is 54.1 Å². The normalized spacial score (nSPS) is 11.8. The highest BCUT2D eigenvalue weighted by Crippen LogP contribution is 2.26. The summed E-state index contributed by atoms with van der Waals surface area (Å²) >= 11 is 0. The molecule has 0 bridgehead atoms. The topological polar surface area (TPSA) is 95.7 Å². The predicted molar refractivity (Wildman–Crippen MR) is 75.9 cm³/mol. The fourth-order valence-corrected chi connectivity index (χ4v) is 2.66. The molecule has 0 unspecified atom stereocenters. The van der Waals surface area contributed by atoms with E-state index in [4.69, 9.17) is 9.92 Å². The van der Waals surface area contributed by atoms with Crippen LogP contribution in [-0.4, -0.2) is 20.7 Å². The van der Waals surface area contributed by atoms with Gasteiger partial charge in [-0.15, -0.1) is 13.2 Å². The van der Waals surface area contributed by atoms with E-state index in [1.807, 2.05) is 0 Å². The quantitative estimate of drug-likeness (QED) is 0.826. The molecule has 0 aliphatic heterocycles. The number of hydrogen-bond donors (Lipinski definition) is 1. The molecule has 0 saturated heterocycles. The largest absolute Gasteiger partial charge is 0.573 e. The highest BCUT2D eigenvalue weighted by atomic mass is 32.2. The third kappa shape index (κ3) is 4.38. The van der Waals surface area contributed by atoms with Gasteiger partial charge in [0.05, 0.1) is 5.56 Å². The maximum Gasteiger partial charge on any atom is 0.573 e. The van der Waals surface area contributed by atoms with E-state index in [9.17, 15) is 26.4 Å². The van der Waals surface area contributed by atoms with Gasteiger partial charge in [0.15, 0.2) is 5.75 Å². The van der Waals surface area contributed by atoms with Gasteiger partial charge in [0.2, 0.25) is 0 Å². The van der Waals surface area contributed by atoms with E-state index in [0.29, 0.717) is 0 Å². The van der Waals surface area contributed by atoms with Crippen molar-refractivity contribution in [2.24, 2.45) is 5.73 Å². The van der Waals surface area contributed by atoms with Crippen molar-refractivity contribution >= 4 is 16.0 Å². The van der Waals surface area contributed by atoms with E-state index >= 15 is 0 Å². The Hall–Kier alpha value is -2.75. The number of ether oxygens (including phenoxy) is 1. The molecule has 1 amide bonds. The van der Waals surface area contributed by atoms with Gasteiger partial charge < -0.3 is 14.7 Å². The summed E-state index contributed by atoms with van der Waals surface area (Å²) < 4.78 is 69.0. The first kappa shape index (κ1) is 17.6. The van der Waals surface area contributed by atoms with Crippen molar-refractivity contribution in [2.75, 3.05) is 0 Å². The molecule has 0 fully saturated rings. The molecule has 2 rings (SSSR count). The van der Waals surface area contributed by atoms with Crippen molar-refractivity contribution in [2.45, 2.75) is 11.3 Å². The molecule has 2 aromatic carbocycles. The van der Waals surface area contributed by atoms with Crippen molar-refractivity contribution in [3.8, 4) is 11.5 Å². The lowest BCUT2D eigenvalue weighted by Crippen LogP contribution is -2.17. The lowest BCUT2D eigenvalue weighted by Gasteiger charge is -2.11. The molecule has 0 heterocycles. The van der Waals surface area contributed by atoms with Crippen LogP contribution < -0.4 is 14.7 Å². The number of nitrogens with two attached hydrogens (primary N) is 1. The zero-order chi connectivity index (χ0) is 18.0. The standard InChI is InChI=1S/C14H10F3NO5S/c15-14(16,17)22-9-5-7-10(8-6-9)24(20,21)23-12-4-2-1-3-11(12)13(18)19/h1-8H,(H2,18,19). The molecule has 0 aromatic heterocycles. The van der Waals surface area contributed by atoms with Gasteiger partial charge in [-0.2, -0.15) is 8.42 Å². The SMILES string of the molecule is NC(=O)c1ccccc1OS(=O)(=O)c1ccc(OC(F)(F)F)cc1. The summed E-state index contributed by atoms with van der Waals surface area (Å²) in [6, 6.07) is 8.78. The number of para-hydroxylation sites is 1. The van der Waals surface area contributed by atoms with E-state index in [0.717, 1.165) is 24.3 Å². The first-order chi connectivity index (χ1) is 11.1. The number of halogens is 3. The monoisotopic (exact) mass is 361 g/mol. The smallest absolute Gasteiger partial charge is 0.406 e. The second kappa shape index (κ2) is 6.40. The van der Waals surface area contributed by atoms with E-state index < -0.39 is 33.0 Å². The van der Waals surface area contributed by atoms with Crippen molar-refractivity contribution in [1.29, 1.82) is 0 Å². The Kier molecular flexibility index (Phi) is 4.69. The van der Waals surface area contributed by atoms with Crippen LogP contribution in [0.1, 0.15) is 10.4 Å². The Morgan fingerprint density at radius 1 is 1.00 bits per heavy atom. The second-order valence-electron chi connectivity index (χ2n) is 4.42. The Morgan fingerprint density at radius 2 is 1.58 bits per heavy atom. The molecule has 0 radical (unpaired) electrons. The summed E-state index contributed by atoms with van der Waals surface area (Å²) in [6.45, 7) is 0. The van der Waals surface area contributed by atoms with Crippen LogP contribution in [-0.2, 0) is 10.1 Å². The summed E-state index contributed by atoms with van der Waals surface area (Å²) in [5.41, 5.74) is 4.96. The van der Waals surface area contributed by atoms with Crippen LogP contribution in [0.3, 0.4) is 0 Å². The van der Waals surface area contributed by atoms with Crippen molar-refractivity contribution in [1.82, 2.24) is 0 Å². The number of hydrogen-bond acceptors (Lipinski definition) is 5. The lowest BCUT2D eigenvalue weighted by molar-refractivity contribution is -0.274. The van der Waals surface area contributed by atoms with Gasteiger partial charge in [0.1, 0.15) is 10.6 Å². The molecule has 0 aliphatic rings. The van der Waals surface area contributed by atoms with Crippen LogP contribution in [0.25, 0.3) is 0 Å². The zero-order valence-electron chi connectivity index (χ0n) is 11.8. The van der Waals surface area contributed by atoms with Crippen LogP contribution in [0.5, 0.6) is 11.5 Å². The molecule has 128 valence electrons. The molecule has 0 atom stereocenters. The fourth-order valence-electron chi connectivity index (χ4n) is 1.72. The molecule has 2 aromatic rings. The summed E-state index contributed by atoms with van der Waals surface area (Å²) in [5.74, 6) is -1.77. The maximum absolute atomic E-state index is 12.1. The van der Waals surface area contributed by atoms with Crippen molar-refractivity contribution in [3.63, 3.8) is 0 Å². The minimum absolute atomic E-state index is 0.155. The highest BCUT2D eigenvalue weighted by molar-refractivity contribution is 7.87. The number of carbonyl (C=O) groups excluding carboxylic acids is 1. The molecular formula is C14H10F3NO5S. The summed E-state index contributed by atoms with van der Waals surface area (Å²) in [7, 11) is -4.37. The molecule has 0 spiro atoms. The lowest BCUT2D eigenvalue weighted by atomic mass is 10.2. The van der Waals surface area contributed by atoms with Gasteiger partial charge in [0.25, 0.3) is 5.91 Å². The average molecular weight is 361 g/mol. The maximum atomic E-state index is 12.1. The van der Waals surface area contributed by atoms with Gasteiger partial charge in [-0.25, -0.2) is 0 Å². The molecule has 24 heavy (non-hydrogen) atoms. The number of carbonyl (C=O) groups is 1. The number of benzene rings is 2. The van der Waals surface area contributed by atoms with E-state index in [1.165, 1.54) is 24.3 Å². The molecule has 2 N–H and O–H groups in total. The summed E-state index contributed by atoms with van der Waals surface area (Å²) in [4.78, 5) is 10.8. The van der Waals surface area contributed by atoms with Gasteiger partial charge in [0, 0.05) is 0 Å². The number of amides is 1. The molecule has 0 saturated carbocycles. The Labute approximate surface area is 134 Å². The zero-order valence-corrected chi connectivity index (χ0v) is 12.6. The Bertz CT molecular complexity index is 847. The Morgan fingerprint density at radius 3 is 2.12 bits per heavy atom. The molecule has 6 nitrogen and oxygen atoms in total. The second-order valence-corrected chi connectivity index (χ2v) is 5.96. The van der Waals surface area contributed by atoms with Gasteiger partial charge in [-0.1, -0.05) is 12.1 Å². The number of alkyl halides is 3. The number of rotatable bonds is 5. The minimum atomic E-state index is -4.89. The first-order valence-corrected chi connectivity index (χ1v) is 7.68. The third-order valence-corrected chi connectivity index (χ3v) is 3.95. The number of primary amides is 1. The molecule has 10 heteroatoms. The van der Waals surface area contributed by atoms with Gasteiger partial charge in [-0.05, 0) is 36.4 Å². The van der Waals surface area contributed by atoms with Gasteiger partial charge in [-0.3, -0.25) is 4.79 Å². The van der Waals surface area contributed by atoms with E-state index in [1.54, 1.807) is 0 Å². The Balaban J connectivity index is 2.27. The predicted octanol–water partition coefficient (Wildman–Crippen LogP) is 2.45. The average Bonchev–Trinajstić information content (AvgIpc) is 2.46. The van der Waals surface area contributed by atoms with Crippen LogP contribution in [0.2, 0.25) is 0 Å². The summed E-state index contributed by atoms with van der Waals surface area (Å²) in [5, 5.41) is 0. The van der Waals surface area contributed by atoms with Crippen molar-refractivity contribution < 1.29 is 35.3 Å². The molecular weight excluding hydrogens is 351 g/mol. The molecule has 0 aliphatic carbocycles. The van der Waals surface area contributed by atoms with Crippen LogP contribution >= 0.6 is 0 Å². The van der Waals surface area contributed by atoms with E-state index in [2.05, 4.69) is 4.74 Å². The minimum Gasteiger partial charge on any atom is -0.406 e. The fraction of sp³-hybridized carbons (Fsp3) is 0.0714. The highest BCUT2D eigenvalue weighted by Gasteiger charge is 2.31. The third-order valence-electron chi connectivity index (χ3n) is 2.70. The first-order valence-electron chi connectivity index (χ1n) is 6.27. The van der Waals surface area contributed by atoms with Gasteiger partial charge >= 0.3 is 16.5 Å².